The van der Waals surface area contributed by atoms with Crippen LogP contribution >= 0.6 is 11.8 Å². The third-order valence-electron chi connectivity index (χ3n) is 3.89. The monoisotopic (exact) mass is 317 g/mol. The van der Waals surface area contributed by atoms with Crippen LogP contribution in [0.4, 0.5) is 0 Å². The molecule has 1 fully saturated rings. The number of amides is 2. The molecule has 6 heteroatoms. The molecule has 2 aliphatic rings. The Labute approximate surface area is 134 Å². The van der Waals surface area contributed by atoms with Crippen molar-refractivity contribution < 1.29 is 9.59 Å². The average molecular weight is 317 g/mol. The number of thioether (sulfide) groups is 1. The maximum atomic E-state index is 12.5. The fourth-order valence-electron chi connectivity index (χ4n) is 2.81. The molecule has 5 nitrogen and oxygen atoms in total. The third kappa shape index (κ3) is 3.50. The fourth-order valence-corrected chi connectivity index (χ4v) is 3.54. The summed E-state index contributed by atoms with van der Waals surface area (Å²) in [5, 5.41) is 3.54. The summed E-state index contributed by atoms with van der Waals surface area (Å²) in [6.07, 6.45) is 1.95. The van der Waals surface area contributed by atoms with Gasteiger partial charge in [-0.15, -0.1) is 0 Å². The van der Waals surface area contributed by atoms with Gasteiger partial charge in [0.2, 0.25) is 11.8 Å². The molecular formula is C16H19N3O2S. The maximum absolute atomic E-state index is 12.5. The predicted molar refractivity (Wildman–Crippen MR) is 87.8 cm³/mol. The number of rotatable bonds is 3. The van der Waals surface area contributed by atoms with Crippen LogP contribution in [0.3, 0.4) is 0 Å². The second-order valence-electron chi connectivity index (χ2n) is 5.43. The Morgan fingerprint density at radius 2 is 2.14 bits per heavy atom. The lowest BCUT2D eigenvalue weighted by Crippen LogP contribution is -2.47. The van der Waals surface area contributed by atoms with E-state index < -0.39 is 0 Å². The van der Waals surface area contributed by atoms with Crippen molar-refractivity contribution in [2.75, 3.05) is 18.8 Å². The average Bonchev–Trinajstić information content (AvgIpc) is 3.19. The Kier molecular flexibility index (Phi) is 4.77. The molecule has 0 aromatic heterocycles. The zero-order chi connectivity index (χ0) is 15.4. The first-order valence-electron chi connectivity index (χ1n) is 7.55. The molecule has 2 amide bonds. The van der Waals surface area contributed by atoms with Crippen molar-refractivity contribution in [1.82, 2.24) is 10.2 Å². The lowest BCUT2D eigenvalue weighted by Gasteiger charge is -2.24. The van der Waals surface area contributed by atoms with E-state index in [0.717, 1.165) is 30.7 Å². The van der Waals surface area contributed by atoms with Gasteiger partial charge in [-0.3, -0.25) is 14.6 Å². The van der Waals surface area contributed by atoms with Crippen LogP contribution < -0.4 is 5.32 Å². The quantitative estimate of drug-likeness (QED) is 0.917. The van der Waals surface area contributed by atoms with Gasteiger partial charge in [-0.2, -0.15) is 0 Å². The first-order valence-corrected chi connectivity index (χ1v) is 8.54. The number of amidine groups is 1. The Bertz CT molecular complexity index is 588. The summed E-state index contributed by atoms with van der Waals surface area (Å²) in [5.74, 6) is 0.827. The first-order chi connectivity index (χ1) is 10.7. The fraction of sp³-hybridized carbons (Fsp3) is 0.438. The van der Waals surface area contributed by atoms with E-state index in [1.807, 2.05) is 30.3 Å². The number of aliphatic imine (C=N–C) groups is 1. The van der Waals surface area contributed by atoms with Crippen LogP contribution in [-0.4, -0.2) is 46.8 Å². The molecule has 1 atom stereocenters. The van der Waals surface area contributed by atoms with Crippen LogP contribution in [0.15, 0.2) is 35.3 Å². The Morgan fingerprint density at radius 3 is 2.86 bits per heavy atom. The normalized spacial score (nSPS) is 20.8. The number of carbonyl (C=O) groups is 2. The summed E-state index contributed by atoms with van der Waals surface area (Å²) in [4.78, 5) is 30.8. The number of nitrogens with zero attached hydrogens (tertiary/aromatic N) is 2. The highest BCUT2D eigenvalue weighted by molar-refractivity contribution is 8.14. The second-order valence-corrected chi connectivity index (χ2v) is 6.52. The molecule has 2 aliphatic heterocycles. The SMILES string of the molecule is O=C(NC1=NCCS1)C1CCCN1C(=O)Cc1ccccc1. The zero-order valence-corrected chi connectivity index (χ0v) is 13.1. The number of nitrogens with one attached hydrogen (secondary N) is 1. The molecular weight excluding hydrogens is 298 g/mol. The van der Waals surface area contributed by atoms with Gasteiger partial charge >= 0.3 is 0 Å². The summed E-state index contributed by atoms with van der Waals surface area (Å²) in [7, 11) is 0. The van der Waals surface area contributed by atoms with Gasteiger partial charge in [0.05, 0.1) is 13.0 Å². The first kappa shape index (κ1) is 15.1. The van der Waals surface area contributed by atoms with Gasteiger partial charge in [0, 0.05) is 12.3 Å². The van der Waals surface area contributed by atoms with Gasteiger partial charge in [0.1, 0.15) is 6.04 Å². The minimum atomic E-state index is -0.361. The predicted octanol–water partition coefficient (Wildman–Crippen LogP) is 1.44. The van der Waals surface area contributed by atoms with Crippen molar-refractivity contribution in [3.63, 3.8) is 0 Å². The molecule has 1 aromatic rings. The summed E-state index contributed by atoms with van der Waals surface area (Å²) >= 11 is 1.56. The molecule has 2 heterocycles. The van der Waals surface area contributed by atoms with Crippen LogP contribution in [0.1, 0.15) is 18.4 Å². The number of hydrogen-bond acceptors (Lipinski definition) is 4. The summed E-state index contributed by atoms with van der Waals surface area (Å²) in [5.41, 5.74) is 0.981. The topological polar surface area (TPSA) is 61.8 Å². The van der Waals surface area contributed by atoms with Gasteiger partial charge in [-0.1, -0.05) is 42.1 Å². The molecule has 1 unspecified atom stereocenters. The lowest BCUT2D eigenvalue weighted by atomic mass is 10.1. The lowest BCUT2D eigenvalue weighted by molar-refractivity contribution is -0.137. The van der Waals surface area contributed by atoms with Gasteiger partial charge < -0.3 is 10.2 Å². The van der Waals surface area contributed by atoms with Gasteiger partial charge in [0.15, 0.2) is 5.17 Å². The molecule has 1 aromatic carbocycles. The molecule has 3 rings (SSSR count). The van der Waals surface area contributed by atoms with E-state index >= 15 is 0 Å². The van der Waals surface area contributed by atoms with E-state index in [4.69, 9.17) is 0 Å². The Balaban J connectivity index is 1.62. The minimum absolute atomic E-state index is 0.0184. The van der Waals surface area contributed by atoms with E-state index in [-0.39, 0.29) is 17.9 Å². The van der Waals surface area contributed by atoms with Gasteiger partial charge in [0.25, 0.3) is 0 Å². The van der Waals surface area contributed by atoms with Crippen LogP contribution in [0.5, 0.6) is 0 Å². The van der Waals surface area contributed by atoms with Crippen molar-refractivity contribution in [2.45, 2.75) is 25.3 Å². The van der Waals surface area contributed by atoms with Crippen molar-refractivity contribution in [1.29, 1.82) is 0 Å². The number of likely N-dealkylation sites (tertiary alicyclic amines) is 1. The Morgan fingerprint density at radius 1 is 1.32 bits per heavy atom. The van der Waals surface area contributed by atoms with Crippen molar-refractivity contribution >= 4 is 28.7 Å². The zero-order valence-electron chi connectivity index (χ0n) is 12.3. The summed E-state index contributed by atoms with van der Waals surface area (Å²) in [6.45, 7) is 1.41. The molecule has 1 N–H and O–H groups in total. The van der Waals surface area contributed by atoms with E-state index in [1.165, 1.54) is 0 Å². The number of hydrogen-bond donors (Lipinski definition) is 1. The van der Waals surface area contributed by atoms with Gasteiger partial charge in [-0.05, 0) is 18.4 Å². The smallest absolute Gasteiger partial charge is 0.248 e. The van der Waals surface area contributed by atoms with E-state index in [2.05, 4.69) is 10.3 Å². The molecule has 0 spiro atoms. The van der Waals surface area contributed by atoms with Crippen molar-refractivity contribution in [2.24, 2.45) is 4.99 Å². The Hall–Kier alpha value is -1.82. The number of carbonyl (C=O) groups excluding carboxylic acids is 2. The van der Waals surface area contributed by atoms with Gasteiger partial charge in [-0.25, -0.2) is 0 Å². The second kappa shape index (κ2) is 6.96. The maximum Gasteiger partial charge on any atom is 0.248 e. The van der Waals surface area contributed by atoms with E-state index in [9.17, 15) is 9.59 Å². The highest BCUT2D eigenvalue weighted by Gasteiger charge is 2.34. The summed E-state index contributed by atoms with van der Waals surface area (Å²) < 4.78 is 0. The minimum Gasteiger partial charge on any atom is -0.330 e. The summed E-state index contributed by atoms with van der Waals surface area (Å²) in [6, 6.07) is 9.29. The van der Waals surface area contributed by atoms with Crippen LogP contribution in [0.25, 0.3) is 0 Å². The van der Waals surface area contributed by atoms with Crippen molar-refractivity contribution in [3.05, 3.63) is 35.9 Å². The standard InChI is InChI=1S/C16H19N3O2S/c20-14(11-12-5-2-1-3-6-12)19-9-4-7-13(19)15(21)18-16-17-8-10-22-16/h1-3,5-6,13H,4,7-11H2,(H,17,18,21). The third-order valence-corrected chi connectivity index (χ3v) is 4.78. The molecule has 0 aliphatic carbocycles. The molecule has 0 saturated carbocycles. The number of benzene rings is 1. The van der Waals surface area contributed by atoms with E-state index in [0.29, 0.717) is 18.1 Å². The molecule has 22 heavy (non-hydrogen) atoms. The van der Waals surface area contributed by atoms with Crippen molar-refractivity contribution in [3.8, 4) is 0 Å². The highest BCUT2D eigenvalue weighted by atomic mass is 32.2. The molecule has 116 valence electrons. The largest absolute Gasteiger partial charge is 0.330 e. The molecule has 0 radical (unpaired) electrons. The van der Waals surface area contributed by atoms with Crippen LogP contribution in [0, 0.1) is 0 Å². The highest BCUT2D eigenvalue weighted by Crippen LogP contribution is 2.20. The van der Waals surface area contributed by atoms with Crippen LogP contribution in [0.2, 0.25) is 0 Å². The molecule has 0 bridgehead atoms. The van der Waals surface area contributed by atoms with Crippen LogP contribution in [-0.2, 0) is 16.0 Å². The molecule has 1 saturated heterocycles. The van der Waals surface area contributed by atoms with E-state index in [1.54, 1.807) is 16.7 Å².